The number of para-hydroxylation sites is 6. The Balaban J connectivity index is 0.947. The van der Waals surface area contributed by atoms with Crippen molar-refractivity contribution >= 4 is 54.8 Å². The third-order valence-corrected chi connectivity index (χ3v) is 13.3. The van der Waals surface area contributed by atoms with Gasteiger partial charge in [0.2, 0.25) is 0 Å². The molecule has 0 fully saturated rings. The number of nitrogens with zero attached hydrogens (tertiary/aromatic N) is 3. The highest BCUT2D eigenvalue weighted by molar-refractivity contribution is 6.12. The van der Waals surface area contributed by atoms with E-state index in [1.807, 2.05) is 12.1 Å². The van der Waals surface area contributed by atoms with Gasteiger partial charge in [0.05, 0.1) is 27.8 Å². The lowest BCUT2D eigenvalue weighted by atomic mass is 9.73. The van der Waals surface area contributed by atoms with Crippen LogP contribution in [0.2, 0.25) is 0 Å². The SMILES string of the molecule is c1ccc2c(c1)-c1c(-c3ccc4c(c3)c3ccccc3n4-c3ccc(-c4cccc5c4oc4ccccc45)cc3)cccc1C21c2ccccc2-n2c1nc1ccccc12. The maximum Gasteiger partial charge on any atom is 0.143 e. The second-order valence-corrected chi connectivity index (χ2v) is 16.2. The molecular weight excluding hydrogens is 731 g/mol. The Kier molecular flexibility index (Phi) is 6.19. The van der Waals surface area contributed by atoms with Crippen LogP contribution in [-0.2, 0) is 5.41 Å². The first-order chi connectivity index (χ1) is 29.8. The molecule has 0 radical (unpaired) electrons. The van der Waals surface area contributed by atoms with Crippen LogP contribution in [0.4, 0.5) is 0 Å². The van der Waals surface area contributed by atoms with Gasteiger partial charge in [-0.1, -0.05) is 146 Å². The standard InChI is InChI=1S/C56H33N3O/c1-4-19-44-42(15-1)53-37(16-12-21-46(53)56(44)45-20-5-8-24-50(45)59-51-25-9-6-22-47(51)57-55(56)59)35-29-32-49-43(33-35)39-13-2-7-23-48(39)58(49)36-30-27-34(28-31-36)38-17-11-18-41-40-14-3-10-26-52(40)60-54(38)41/h1-33H. The molecule has 278 valence electrons. The predicted molar refractivity (Wildman–Crippen MR) is 244 cm³/mol. The van der Waals surface area contributed by atoms with E-state index < -0.39 is 5.41 Å². The third-order valence-electron chi connectivity index (χ3n) is 13.3. The highest BCUT2D eigenvalue weighted by atomic mass is 16.3. The number of benzene rings is 9. The van der Waals surface area contributed by atoms with Crippen LogP contribution in [0, 0.1) is 0 Å². The molecule has 4 nitrogen and oxygen atoms in total. The topological polar surface area (TPSA) is 35.9 Å². The molecule has 3 aromatic heterocycles. The van der Waals surface area contributed by atoms with Crippen LogP contribution in [0.15, 0.2) is 205 Å². The van der Waals surface area contributed by atoms with Gasteiger partial charge in [0.25, 0.3) is 0 Å². The van der Waals surface area contributed by atoms with E-state index in [1.165, 1.54) is 66.4 Å². The Morgan fingerprint density at radius 3 is 1.98 bits per heavy atom. The van der Waals surface area contributed by atoms with E-state index in [2.05, 4.69) is 197 Å². The van der Waals surface area contributed by atoms with Crippen LogP contribution in [-0.4, -0.2) is 14.1 Å². The minimum Gasteiger partial charge on any atom is -0.455 e. The fourth-order valence-corrected chi connectivity index (χ4v) is 10.9. The van der Waals surface area contributed by atoms with Crippen molar-refractivity contribution in [2.24, 2.45) is 0 Å². The molecule has 60 heavy (non-hydrogen) atoms. The van der Waals surface area contributed by atoms with Crippen molar-refractivity contribution < 1.29 is 4.42 Å². The van der Waals surface area contributed by atoms with Gasteiger partial charge in [-0.05, 0) is 99.1 Å². The van der Waals surface area contributed by atoms with Crippen molar-refractivity contribution in [2.75, 3.05) is 0 Å². The number of hydrogen-bond donors (Lipinski definition) is 0. The molecular formula is C56H33N3O. The zero-order chi connectivity index (χ0) is 39.1. The second-order valence-electron chi connectivity index (χ2n) is 16.2. The summed E-state index contributed by atoms with van der Waals surface area (Å²) in [6.07, 6.45) is 0. The lowest BCUT2D eigenvalue weighted by Crippen LogP contribution is -2.27. The van der Waals surface area contributed by atoms with Gasteiger partial charge in [0, 0.05) is 32.8 Å². The molecule has 1 spiro atoms. The van der Waals surface area contributed by atoms with Crippen LogP contribution in [0.3, 0.4) is 0 Å². The largest absolute Gasteiger partial charge is 0.455 e. The number of hydrogen-bond acceptors (Lipinski definition) is 2. The molecule has 12 aromatic rings. The summed E-state index contributed by atoms with van der Waals surface area (Å²) in [6, 6.07) is 72.8. The molecule has 4 heteroatoms. The molecule has 1 aliphatic heterocycles. The molecule has 0 bridgehead atoms. The fraction of sp³-hybridized carbons (Fsp3) is 0.0179. The highest BCUT2D eigenvalue weighted by Crippen LogP contribution is 2.62. The first-order valence-corrected chi connectivity index (χ1v) is 20.6. The predicted octanol–water partition coefficient (Wildman–Crippen LogP) is 14.0. The minimum atomic E-state index is -0.542. The molecule has 0 N–H and O–H groups in total. The zero-order valence-electron chi connectivity index (χ0n) is 32.3. The Morgan fingerprint density at radius 1 is 0.417 bits per heavy atom. The van der Waals surface area contributed by atoms with E-state index in [0.29, 0.717) is 0 Å². The first kappa shape index (κ1) is 32.1. The van der Waals surface area contributed by atoms with Gasteiger partial charge in [0.15, 0.2) is 0 Å². The van der Waals surface area contributed by atoms with Gasteiger partial charge in [-0.15, -0.1) is 0 Å². The Morgan fingerprint density at radius 2 is 1.07 bits per heavy atom. The molecule has 1 aliphatic carbocycles. The lowest BCUT2D eigenvalue weighted by Gasteiger charge is -2.27. The van der Waals surface area contributed by atoms with Crippen LogP contribution >= 0.6 is 0 Å². The summed E-state index contributed by atoms with van der Waals surface area (Å²) < 4.78 is 11.2. The fourth-order valence-electron chi connectivity index (χ4n) is 10.9. The van der Waals surface area contributed by atoms with Crippen LogP contribution in [0.1, 0.15) is 22.5 Å². The van der Waals surface area contributed by atoms with Crippen molar-refractivity contribution in [2.45, 2.75) is 5.41 Å². The molecule has 1 unspecified atom stereocenters. The molecule has 1 atom stereocenters. The van der Waals surface area contributed by atoms with Gasteiger partial charge in [-0.2, -0.15) is 0 Å². The van der Waals surface area contributed by atoms with E-state index in [9.17, 15) is 0 Å². The minimum absolute atomic E-state index is 0.542. The van der Waals surface area contributed by atoms with Crippen LogP contribution in [0.25, 0.3) is 99.5 Å². The number of rotatable bonds is 3. The average molecular weight is 764 g/mol. The quantitative estimate of drug-likeness (QED) is 0.180. The summed E-state index contributed by atoms with van der Waals surface area (Å²) in [5, 5.41) is 4.74. The van der Waals surface area contributed by atoms with E-state index in [0.717, 1.165) is 55.6 Å². The summed E-state index contributed by atoms with van der Waals surface area (Å²) in [6.45, 7) is 0. The van der Waals surface area contributed by atoms with E-state index in [1.54, 1.807) is 0 Å². The Labute approximate surface area is 344 Å². The molecule has 0 saturated heterocycles. The van der Waals surface area contributed by atoms with Gasteiger partial charge in [-0.3, -0.25) is 4.57 Å². The molecule has 0 amide bonds. The Hall–Kier alpha value is -7.95. The zero-order valence-corrected chi connectivity index (χ0v) is 32.3. The molecule has 9 aromatic carbocycles. The number of furan rings is 1. The van der Waals surface area contributed by atoms with Crippen molar-refractivity contribution in [3.05, 3.63) is 223 Å². The van der Waals surface area contributed by atoms with Crippen molar-refractivity contribution in [3.8, 4) is 44.8 Å². The van der Waals surface area contributed by atoms with Gasteiger partial charge >= 0.3 is 0 Å². The molecule has 2 aliphatic rings. The van der Waals surface area contributed by atoms with Crippen molar-refractivity contribution in [3.63, 3.8) is 0 Å². The molecule has 4 heterocycles. The number of imidazole rings is 1. The lowest BCUT2D eigenvalue weighted by molar-refractivity contribution is 0.670. The Bertz CT molecular complexity index is 3790. The average Bonchev–Trinajstić information content (AvgIpc) is 4.10. The van der Waals surface area contributed by atoms with E-state index >= 15 is 0 Å². The summed E-state index contributed by atoms with van der Waals surface area (Å²) in [4.78, 5) is 5.45. The number of fused-ring (bicyclic) bond motifs is 18. The highest BCUT2D eigenvalue weighted by Gasteiger charge is 2.54. The monoisotopic (exact) mass is 763 g/mol. The number of aromatic nitrogens is 3. The van der Waals surface area contributed by atoms with E-state index in [4.69, 9.17) is 9.40 Å². The summed E-state index contributed by atoms with van der Waals surface area (Å²) in [5.74, 6) is 1.06. The van der Waals surface area contributed by atoms with Crippen LogP contribution in [0.5, 0.6) is 0 Å². The van der Waals surface area contributed by atoms with Gasteiger partial charge in [0.1, 0.15) is 22.4 Å². The maximum absolute atomic E-state index is 6.41. The smallest absolute Gasteiger partial charge is 0.143 e. The normalized spacial score (nSPS) is 15.1. The second kappa shape index (κ2) is 11.6. The van der Waals surface area contributed by atoms with Gasteiger partial charge in [-0.25, -0.2) is 4.98 Å². The van der Waals surface area contributed by atoms with Crippen molar-refractivity contribution in [1.82, 2.24) is 14.1 Å². The summed E-state index contributed by atoms with van der Waals surface area (Å²) in [5.41, 5.74) is 19.2. The van der Waals surface area contributed by atoms with Crippen molar-refractivity contribution in [1.29, 1.82) is 0 Å². The molecule has 0 saturated carbocycles. The summed E-state index contributed by atoms with van der Waals surface area (Å²) >= 11 is 0. The van der Waals surface area contributed by atoms with Gasteiger partial charge < -0.3 is 8.98 Å². The third kappa shape index (κ3) is 3.97. The maximum atomic E-state index is 6.41. The van der Waals surface area contributed by atoms with E-state index in [-0.39, 0.29) is 0 Å². The first-order valence-electron chi connectivity index (χ1n) is 20.6. The van der Waals surface area contributed by atoms with Crippen LogP contribution < -0.4 is 0 Å². The summed E-state index contributed by atoms with van der Waals surface area (Å²) in [7, 11) is 0. The molecule has 14 rings (SSSR count).